The van der Waals surface area contributed by atoms with E-state index in [1.165, 1.54) is 24.3 Å². The van der Waals surface area contributed by atoms with Crippen LogP contribution in [-0.4, -0.2) is 34.9 Å². The van der Waals surface area contributed by atoms with E-state index < -0.39 is 23.6 Å². The molecule has 2 N–H and O–H groups in total. The molecule has 28 heavy (non-hydrogen) atoms. The zero-order valence-corrected chi connectivity index (χ0v) is 16.2. The lowest BCUT2D eigenvalue weighted by molar-refractivity contribution is -0.0640. The monoisotopic (exact) mass is 385 g/mol. The van der Waals surface area contributed by atoms with Crippen LogP contribution >= 0.6 is 0 Å². The Morgan fingerprint density at radius 2 is 1.75 bits per heavy atom. The summed E-state index contributed by atoms with van der Waals surface area (Å²) < 4.78 is 19.0. The van der Waals surface area contributed by atoms with E-state index in [2.05, 4.69) is 5.32 Å². The summed E-state index contributed by atoms with van der Waals surface area (Å²) in [6.07, 6.45) is -0.567. The molecule has 1 aliphatic heterocycles. The number of rotatable bonds is 6. The van der Waals surface area contributed by atoms with E-state index in [0.29, 0.717) is 28.9 Å². The molecule has 0 saturated heterocycles. The number of benzene rings is 2. The fourth-order valence-electron chi connectivity index (χ4n) is 3.34. The summed E-state index contributed by atoms with van der Waals surface area (Å²) in [5.74, 6) is -0.0788. The first-order valence-corrected chi connectivity index (χ1v) is 9.29. The molecular weight excluding hydrogens is 361 g/mol. The SMILES string of the molecule is CCC(=O)c1ccc2c(c1)C(NCC(=O)c1ccc(F)cc1)C(O)C(C)(C)O2. The average Bonchev–Trinajstić information content (AvgIpc) is 2.67. The zero-order valence-electron chi connectivity index (χ0n) is 16.2. The number of carbonyl (C=O) groups is 2. The van der Waals surface area contributed by atoms with Crippen LogP contribution in [0.15, 0.2) is 42.5 Å². The summed E-state index contributed by atoms with van der Waals surface area (Å²) in [5.41, 5.74) is 0.677. The Morgan fingerprint density at radius 1 is 1.11 bits per heavy atom. The van der Waals surface area contributed by atoms with Gasteiger partial charge in [0.25, 0.3) is 0 Å². The Labute approximate surface area is 163 Å². The molecule has 0 aromatic heterocycles. The van der Waals surface area contributed by atoms with Gasteiger partial charge in [-0.1, -0.05) is 6.92 Å². The molecule has 0 amide bonds. The van der Waals surface area contributed by atoms with Gasteiger partial charge in [-0.15, -0.1) is 0 Å². The van der Waals surface area contributed by atoms with Gasteiger partial charge in [-0.05, 0) is 56.3 Å². The highest BCUT2D eigenvalue weighted by Crippen LogP contribution is 2.40. The fraction of sp³-hybridized carbons (Fsp3) is 0.364. The normalized spacial score (nSPS) is 20.2. The Hall–Kier alpha value is -2.57. The average molecular weight is 385 g/mol. The van der Waals surface area contributed by atoms with Crippen molar-refractivity contribution in [2.45, 2.75) is 44.9 Å². The second kappa shape index (κ2) is 7.81. The first-order chi connectivity index (χ1) is 13.2. The second-order valence-electron chi connectivity index (χ2n) is 7.47. The van der Waals surface area contributed by atoms with Gasteiger partial charge < -0.3 is 15.2 Å². The Balaban J connectivity index is 1.87. The summed E-state index contributed by atoms with van der Waals surface area (Å²) in [7, 11) is 0. The van der Waals surface area contributed by atoms with Gasteiger partial charge in [-0.3, -0.25) is 9.59 Å². The van der Waals surface area contributed by atoms with Gasteiger partial charge in [0.1, 0.15) is 23.3 Å². The maximum Gasteiger partial charge on any atom is 0.176 e. The molecule has 2 aromatic rings. The third-order valence-corrected chi connectivity index (χ3v) is 5.04. The largest absolute Gasteiger partial charge is 0.485 e. The maximum atomic E-state index is 13.1. The molecule has 148 valence electrons. The van der Waals surface area contributed by atoms with Crippen molar-refractivity contribution in [2.24, 2.45) is 0 Å². The Kier molecular flexibility index (Phi) is 5.63. The number of ketones is 2. The molecule has 0 saturated carbocycles. The summed E-state index contributed by atoms with van der Waals surface area (Å²) in [4.78, 5) is 24.5. The van der Waals surface area contributed by atoms with Crippen molar-refractivity contribution in [1.82, 2.24) is 5.32 Å². The van der Waals surface area contributed by atoms with Crippen LogP contribution in [0.4, 0.5) is 4.39 Å². The number of carbonyl (C=O) groups excluding carboxylic acids is 2. The molecule has 1 aliphatic rings. The smallest absolute Gasteiger partial charge is 0.176 e. The fourth-order valence-corrected chi connectivity index (χ4v) is 3.34. The Bertz CT molecular complexity index is 892. The molecule has 1 heterocycles. The molecule has 0 bridgehead atoms. The lowest BCUT2D eigenvalue weighted by Crippen LogP contribution is -2.53. The number of ether oxygens (including phenoxy) is 1. The molecular formula is C22H24FNO4. The van der Waals surface area contributed by atoms with Gasteiger partial charge >= 0.3 is 0 Å². The first kappa shape index (κ1) is 20.2. The molecule has 6 heteroatoms. The van der Waals surface area contributed by atoms with Crippen LogP contribution in [0.5, 0.6) is 5.75 Å². The van der Waals surface area contributed by atoms with E-state index in [1.807, 2.05) is 0 Å². The summed E-state index contributed by atoms with van der Waals surface area (Å²) in [5, 5.41) is 13.9. The second-order valence-corrected chi connectivity index (χ2v) is 7.47. The van der Waals surface area contributed by atoms with Crippen molar-refractivity contribution in [1.29, 1.82) is 0 Å². The molecule has 0 spiro atoms. The quantitative estimate of drug-likeness (QED) is 0.745. The topological polar surface area (TPSA) is 75.6 Å². The molecule has 5 nitrogen and oxygen atoms in total. The van der Waals surface area contributed by atoms with Gasteiger partial charge in [0.2, 0.25) is 0 Å². The summed E-state index contributed by atoms with van der Waals surface area (Å²) >= 11 is 0. The van der Waals surface area contributed by atoms with Gasteiger partial charge in [0.15, 0.2) is 11.6 Å². The van der Waals surface area contributed by atoms with Crippen LogP contribution in [0.1, 0.15) is 59.5 Å². The molecule has 0 fully saturated rings. The number of fused-ring (bicyclic) bond motifs is 1. The van der Waals surface area contributed by atoms with E-state index in [4.69, 9.17) is 4.74 Å². The number of aliphatic hydroxyl groups is 1. The van der Waals surface area contributed by atoms with Gasteiger partial charge in [-0.2, -0.15) is 0 Å². The van der Waals surface area contributed by atoms with E-state index in [-0.39, 0.29) is 18.1 Å². The van der Waals surface area contributed by atoms with Crippen molar-refractivity contribution in [3.05, 3.63) is 65.0 Å². The molecule has 3 rings (SSSR count). The Morgan fingerprint density at radius 3 is 2.39 bits per heavy atom. The van der Waals surface area contributed by atoms with Crippen molar-refractivity contribution in [3.8, 4) is 5.75 Å². The predicted octanol–water partition coefficient (Wildman–Crippen LogP) is 3.46. The van der Waals surface area contributed by atoms with Crippen LogP contribution in [0, 0.1) is 5.82 Å². The minimum atomic E-state index is -0.937. The van der Waals surface area contributed by atoms with Crippen molar-refractivity contribution in [3.63, 3.8) is 0 Å². The first-order valence-electron chi connectivity index (χ1n) is 9.29. The van der Waals surface area contributed by atoms with Gasteiger partial charge in [0, 0.05) is 23.1 Å². The van der Waals surface area contributed by atoms with E-state index >= 15 is 0 Å². The molecule has 2 unspecified atom stereocenters. The van der Waals surface area contributed by atoms with Crippen LogP contribution in [-0.2, 0) is 0 Å². The zero-order chi connectivity index (χ0) is 20.5. The molecule has 0 radical (unpaired) electrons. The number of hydrogen-bond donors (Lipinski definition) is 2. The van der Waals surface area contributed by atoms with E-state index in [1.54, 1.807) is 39.0 Å². The molecule has 2 atom stereocenters. The standard InChI is InChI=1S/C22H24FNO4/c1-4-17(25)14-7-10-19-16(11-14)20(21(27)22(2,3)28-19)24-12-18(26)13-5-8-15(23)9-6-13/h5-11,20-21,24,27H,4,12H2,1-3H3. The maximum absolute atomic E-state index is 13.1. The lowest BCUT2D eigenvalue weighted by atomic mass is 9.85. The summed E-state index contributed by atoms with van der Waals surface area (Å²) in [6.45, 7) is 5.27. The van der Waals surface area contributed by atoms with Crippen LogP contribution in [0.2, 0.25) is 0 Å². The highest BCUT2D eigenvalue weighted by atomic mass is 19.1. The van der Waals surface area contributed by atoms with Gasteiger partial charge in [-0.25, -0.2) is 4.39 Å². The number of hydrogen-bond acceptors (Lipinski definition) is 5. The highest BCUT2D eigenvalue weighted by Gasteiger charge is 2.43. The van der Waals surface area contributed by atoms with E-state index in [9.17, 15) is 19.1 Å². The minimum absolute atomic E-state index is 0.0109. The van der Waals surface area contributed by atoms with Crippen molar-refractivity contribution < 1.29 is 23.8 Å². The number of halogens is 1. The molecule has 0 aliphatic carbocycles. The van der Waals surface area contributed by atoms with Gasteiger partial charge in [0.05, 0.1) is 12.6 Å². The number of nitrogens with one attached hydrogen (secondary N) is 1. The lowest BCUT2D eigenvalue weighted by Gasteiger charge is -2.42. The third kappa shape index (κ3) is 3.98. The molecule has 2 aromatic carbocycles. The summed E-state index contributed by atoms with van der Waals surface area (Å²) in [6, 6.07) is 9.87. The third-order valence-electron chi connectivity index (χ3n) is 5.04. The van der Waals surface area contributed by atoms with Crippen LogP contribution in [0.25, 0.3) is 0 Å². The predicted molar refractivity (Wildman–Crippen MR) is 103 cm³/mol. The van der Waals surface area contributed by atoms with Crippen LogP contribution < -0.4 is 10.1 Å². The van der Waals surface area contributed by atoms with Crippen molar-refractivity contribution >= 4 is 11.6 Å². The minimum Gasteiger partial charge on any atom is -0.485 e. The highest BCUT2D eigenvalue weighted by molar-refractivity contribution is 5.97. The number of Topliss-reactive ketones (excluding diaryl/α,β-unsaturated/α-hetero) is 2. The number of aliphatic hydroxyl groups excluding tert-OH is 1. The van der Waals surface area contributed by atoms with Crippen LogP contribution in [0.3, 0.4) is 0 Å². The van der Waals surface area contributed by atoms with Crippen molar-refractivity contribution in [2.75, 3.05) is 6.54 Å². The van der Waals surface area contributed by atoms with E-state index in [0.717, 1.165) is 0 Å².